The van der Waals surface area contributed by atoms with Crippen molar-refractivity contribution in [3.63, 3.8) is 0 Å². The van der Waals surface area contributed by atoms with E-state index in [0.717, 1.165) is 12.8 Å². The lowest BCUT2D eigenvalue weighted by Crippen LogP contribution is -2.56. The van der Waals surface area contributed by atoms with Gasteiger partial charge in [-0.3, -0.25) is 9.59 Å². The molecule has 1 saturated carbocycles. The predicted octanol–water partition coefficient (Wildman–Crippen LogP) is 0.806. The summed E-state index contributed by atoms with van der Waals surface area (Å²) in [5.41, 5.74) is 4.63. The van der Waals surface area contributed by atoms with Gasteiger partial charge in [-0.1, -0.05) is 13.3 Å². The number of rotatable bonds is 2. The van der Waals surface area contributed by atoms with Crippen LogP contribution in [0.25, 0.3) is 0 Å². The van der Waals surface area contributed by atoms with Crippen LogP contribution in [0.1, 0.15) is 39.0 Å². The average molecular weight is 169 g/mol. The molecule has 12 heavy (non-hydrogen) atoms. The zero-order valence-corrected chi connectivity index (χ0v) is 7.43. The number of hydrogen-bond acceptors (Lipinski definition) is 3. The van der Waals surface area contributed by atoms with E-state index < -0.39 is 5.54 Å². The maximum absolute atomic E-state index is 11.4. The molecule has 1 rings (SSSR count). The predicted molar refractivity (Wildman–Crippen MR) is 45.7 cm³/mol. The van der Waals surface area contributed by atoms with Gasteiger partial charge in [0.2, 0.25) is 0 Å². The summed E-state index contributed by atoms with van der Waals surface area (Å²) in [5.74, 6) is -0.173. The fourth-order valence-corrected chi connectivity index (χ4v) is 1.66. The Morgan fingerprint density at radius 3 is 2.75 bits per heavy atom. The van der Waals surface area contributed by atoms with E-state index in [1.807, 2.05) is 0 Å². The van der Waals surface area contributed by atoms with Gasteiger partial charge in [-0.05, 0) is 12.8 Å². The van der Waals surface area contributed by atoms with Crippen LogP contribution in [0.2, 0.25) is 0 Å². The monoisotopic (exact) mass is 169 g/mol. The molecule has 2 N–H and O–H groups in total. The molecule has 1 fully saturated rings. The second-order valence-electron chi connectivity index (χ2n) is 3.38. The number of carbonyl (C=O) groups excluding carboxylic acids is 2. The van der Waals surface area contributed by atoms with Crippen molar-refractivity contribution < 1.29 is 9.59 Å². The largest absolute Gasteiger partial charge is 0.313 e. The Hall–Kier alpha value is -0.700. The highest BCUT2D eigenvalue weighted by Crippen LogP contribution is 2.24. The number of nitrogens with two attached hydrogens (primary N) is 1. The normalized spacial score (nSPS) is 30.3. The Bertz CT molecular complexity index is 203. The molecule has 0 aromatic rings. The van der Waals surface area contributed by atoms with Gasteiger partial charge < -0.3 is 5.73 Å². The van der Waals surface area contributed by atoms with Crippen LogP contribution in [0.5, 0.6) is 0 Å². The van der Waals surface area contributed by atoms with E-state index in [1.54, 1.807) is 6.92 Å². The van der Waals surface area contributed by atoms with Crippen LogP contribution < -0.4 is 5.73 Å². The quantitative estimate of drug-likeness (QED) is 0.622. The van der Waals surface area contributed by atoms with Crippen LogP contribution in [0.3, 0.4) is 0 Å². The van der Waals surface area contributed by atoms with E-state index in [2.05, 4.69) is 0 Å². The van der Waals surface area contributed by atoms with Crippen molar-refractivity contribution >= 4 is 11.6 Å². The second-order valence-corrected chi connectivity index (χ2v) is 3.38. The molecule has 0 aliphatic heterocycles. The summed E-state index contributed by atoms with van der Waals surface area (Å²) in [6.07, 6.45) is 3.16. The highest BCUT2D eigenvalue weighted by Gasteiger charge is 2.41. The fourth-order valence-electron chi connectivity index (χ4n) is 1.66. The van der Waals surface area contributed by atoms with Crippen molar-refractivity contribution in [1.82, 2.24) is 0 Å². The Morgan fingerprint density at radius 1 is 1.58 bits per heavy atom. The lowest BCUT2D eigenvalue weighted by atomic mass is 9.77. The highest BCUT2D eigenvalue weighted by atomic mass is 16.2. The molecule has 1 atom stereocenters. The molecule has 68 valence electrons. The van der Waals surface area contributed by atoms with Gasteiger partial charge in [0.1, 0.15) is 5.54 Å². The minimum absolute atomic E-state index is 0.0689. The van der Waals surface area contributed by atoms with E-state index >= 15 is 0 Å². The van der Waals surface area contributed by atoms with E-state index in [9.17, 15) is 9.59 Å². The number of Topliss-reactive ketones (excluding diaryl/α,β-unsaturated/α-hetero) is 2. The molecule has 0 bridgehead atoms. The topological polar surface area (TPSA) is 60.2 Å². The molecule has 0 aromatic heterocycles. The first kappa shape index (κ1) is 9.39. The van der Waals surface area contributed by atoms with E-state index in [1.165, 1.54) is 0 Å². The standard InChI is InChI=1S/C9H15NO2/c1-2-7(11)9(10)6-4-3-5-8(9)12/h2-6,10H2,1H3. The van der Waals surface area contributed by atoms with Crippen LogP contribution in [0.15, 0.2) is 0 Å². The summed E-state index contributed by atoms with van der Waals surface area (Å²) in [4.78, 5) is 22.7. The average Bonchev–Trinajstić information content (AvgIpc) is 2.09. The maximum atomic E-state index is 11.4. The van der Waals surface area contributed by atoms with Gasteiger partial charge in [-0.15, -0.1) is 0 Å². The third-order valence-corrected chi connectivity index (χ3v) is 2.54. The summed E-state index contributed by atoms with van der Waals surface area (Å²) in [7, 11) is 0. The molecule has 0 amide bonds. The van der Waals surface area contributed by atoms with Gasteiger partial charge in [0.05, 0.1) is 0 Å². The van der Waals surface area contributed by atoms with Crippen molar-refractivity contribution in [2.75, 3.05) is 0 Å². The van der Waals surface area contributed by atoms with Crippen molar-refractivity contribution in [1.29, 1.82) is 0 Å². The van der Waals surface area contributed by atoms with E-state index in [0.29, 0.717) is 19.3 Å². The van der Waals surface area contributed by atoms with Crippen LogP contribution in [-0.4, -0.2) is 17.1 Å². The molecule has 1 aliphatic rings. The lowest BCUT2D eigenvalue weighted by molar-refractivity contribution is -0.136. The van der Waals surface area contributed by atoms with Crippen LogP contribution in [0, 0.1) is 0 Å². The summed E-state index contributed by atoms with van der Waals surface area (Å²) in [6, 6.07) is 0. The third kappa shape index (κ3) is 1.41. The molecule has 0 spiro atoms. The van der Waals surface area contributed by atoms with E-state index in [4.69, 9.17) is 5.73 Å². The lowest BCUT2D eigenvalue weighted by Gasteiger charge is -2.29. The zero-order chi connectivity index (χ0) is 9.19. The SMILES string of the molecule is CCC(=O)C1(N)CCCCC1=O. The minimum atomic E-state index is -1.13. The number of ketones is 2. The van der Waals surface area contributed by atoms with Gasteiger partial charge in [-0.25, -0.2) is 0 Å². The molecule has 3 heteroatoms. The number of carbonyl (C=O) groups is 2. The summed E-state index contributed by atoms with van der Waals surface area (Å²) in [5, 5.41) is 0. The first-order valence-electron chi connectivity index (χ1n) is 4.46. The minimum Gasteiger partial charge on any atom is -0.313 e. The van der Waals surface area contributed by atoms with Crippen LogP contribution in [-0.2, 0) is 9.59 Å². The van der Waals surface area contributed by atoms with Crippen molar-refractivity contribution in [3.05, 3.63) is 0 Å². The Morgan fingerprint density at radius 2 is 2.25 bits per heavy atom. The van der Waals surface area contributed by atoms with Gasteiger partial charge in [0.15, 0.2) is 11.6 Å². The summed E-state index contributed by atoms with van der Waals surface area (Å²) in [6.45, 7) is 1.75. The molecule has 0 heterocycles. The molecule has 1 aliphatic carbocycles. The number of hydrogen-bond donors (Lipinski definition) is 1. The molecular formula is C9H15NO2. The molecule has 0 radical (unpaired) electrons. The first-order valence-corrected chi connectivity index (χ1v) is 4.46. The Labute approximate surface area is 72.3 Å². The Balaban J connectivity index is 2.79. The van der Waals surface area contributed by atoms with Gasteiger partial charge >= 0.3 is 0 Å². The van der Waals surface area contributed by atoms with Crippen molar-refractivity contribution in [2.24, 2.45) is 5.73 Å². The first-order chi connectivity index (χ1) is 5.61. The summed E-state index contributed by atoms with van der Waals surface area (Å²) >= 11 is 0. The molecule has 3 nitrogen and oxygen atoms in total. The molecule has 0 aromatic carbocycles. The van der Waals surface area contributed by atoms with Gasteiger partial charge in [-0.2, -0.15) is 0 Å². The fraction of sp³-hybridized carbons (Fsp3) is 0.778. The Kier molecular flexibility index (Phi) is 2.62. The van der Waals surface area contributed by atoms with Crippen molar-refractivity contribution in [3.8, 4) is 0 Å². The van der Waals surface area contributed by atoms with Crippen LogP contribution in [0.4, 0.5) is 0 Å². The summed E-state index contributed by atoms with van der Waals surface area (Å²) < 4.78 is 0. The molecule has 0 saturated heterocycles. The zero-order valence-electron chi connectivity index (χ0n) is 7.43. The van der Waals surface area contributed by atoms with Gasteiger partial charge in [0, 0.05) is 12.8 Å². The van der Waals surface area contributed by atoms with Crippen LogP contribution >= 0.6 is 0 Å². The highest BCUT2D eigenvalue weighted by molar-refractivity contribution is 6.11. The third-order valence-electron chi connectivity index (χ3n) is 2.54. The molecule has 1 unspecified atom stereocenters. The van der Waals surface area contributed by atoms with Crippen molar-refractivity contribution in [2.45, 2.75) is 44.6 Å². The molecular weight excluding hydrogens is 154 g/mol. The van der Waals surface area contributed by atoms with Gasteiger partial charge in [0.25, 0.3) is 0 Å². The van der Waals surface area contributed by atoms with E-state index in [-0.39, 0.29) is 11.6 Å². The maximum Gasteiger partial charge on any atom is 0.160 e. The second kappa shape index (κ2) is 3.35. The smallest absolute Gasteiger partial charge is 0.160 e.